The van der Waals surface area contributed by atoms with Gasteiger partial charge in [0.15, 0.2) is 11.6 Å². The second kappa shape index (κ2) is 10.3. The Kier molecular flexibility index (Phi) is 7.23. The first-order valence-corrected chi connectivity index (χ1v) is 11.7. The van der Waals surface area contributed by atoms with Gasteiger partial charge in [-0.1, -0.05) is 13.8 Å². The molecule has 1 aromatic carbocycles. The van der Waals surface area contributed by atoms with E-state index < -0.39 is 5.82 Å². The van der Waals surface area contributed by atoms with Crippen LogP contribution in [0.5, 0.6) is 5.75 Å². The normalized spacial score (nSPS) is 15.1. The molecule has 3 heterocycles. The number of rotatable bonds is 8. The number of piperidine rings is 1. The number of likely N-dealkylation sites (tertiary alicyclic amines) is 1. The SMILES string of the molecule is CCc1cc(OCCN2CCC(C)CC2)cc(N(C)c2ncc(F)c(-n3ccnc3C)n2)c1.[HH]. The van der Waals surface area contributed by atoms with Gasteiger partial charge < -0.3 is 9.64 Å². The Bertz CT molecular complexity index is 1080. The molecule has 0 aliphatic carbocycles. The molecule has 1 fully saturated rings. The Labute approximate surface area is 196 Å². The number of nitrogens with zero attached hydrogens (tertiary/aromatic N) is 6. The Morgan fingerprint density at radius 1 is 1.21 bits per heavy atom. The highest BCUT2D eigenvalue weighted by molar-refractivity contribution is 5.60. The van der Waals surface area contributed by atoms with E-state index in [0.717, 1.165) is 49.0 Å². The third kappa shape index (κ3) is 5.50. The van der Waals surface area contributed by atoms with E-state index in [0.29, 0.717) is 18.4 Å². The summed E-state index contributed by atoms with van der Waals surface area (Å²) in [5, 5.41) is 0. The minimum Gasteiger partial charge on any atom is -0.492 e. The lowest BCUT2D eigenvalue weighted by atomic mass is 9.99. The molecule has 1 saturated heterocycles. The third-order valence-electron chi connectivity index (χ3n) is 6.37. The van der Waals surface area contributed by atoms with Gasteiger partial charge in [-0.3, -0.25) is 9.47 Å². The van der Waals surface area contributed by atoms with Crippen molar-refractivity contribution in [3.63, 3.8) is 0 Å². The van der Waals surface area contributed by atoms with E-state index in [9.17, 15) is 4.39 Å². The van der Waals surface area contributed by atoms with Gasteiger partial charge in [0.05, 0.1) is 6.20 Å². The Morgan fingerprint density at radius 2 is 2.00 bits per heavy atom. The first-order valence-electron chi connectivity index (χ1n) is 11.7. The maximum absolute atomic E-state index is 14.5. The predicted molar refractivity (Wildman–Crippen MR) is 130 cm³/mol. The molecule has 0 amide bonds. The lowest BCUT2D eigenvalue weighted by Crippen LogP contribution is -2.35. The topological polar surface area (TPSA) is 59.3 Å². The lowest BCUT2D eigenvalue weighted by Gasteiger charge is -2.30. The van der Waals surface area contributed by atoms with Gasteiger partial charge in [-0.2, -0.15) is 4.98 Å². The summed E-state index contributed by atoms with van der Waals surface area (Å²) >= 11 is 0. The van der Waals surface area contributed by atoms with Gasteiger partial charge in [0.1, 0.15) is 18.2 Å². The second-order valence-electron chi connectivity index (χ2n) is 8.81. The Hall–Kier alpha value is -3.00. The van der Waals surface area contributed by atoms with Crippen molar-refractivity contribution in [3.8, 4) is 11.6 Å². The van der Waals surface area contributed by atoms with Gasteiger partial charge in [0.2, 0.25) is 5.95 Å². The van der Waals surface area contributed by atoms with Crippen molar-refractivity contribution in [3.05, 3.63) is 54.0 Å². The van der Waals surface area contributed by atoms with E-state index in [1.807, 2.05) is 24.9 Å². The lowest BCUT2D eigenvalue weighted by molar-refractivity contribution is 0.160. The van der Waals surface area contributed by atoms with Crippen LogP contribution >= 0.6 is 0 Å². The van der Waals surface area contributed by atoms with Crippen LogP contribution < -0.4 is 9.64 Å². The highest BCUT2D eigenvalue weighted by Crippen LogP contribution is 2.28. The maximum atomic E-state index is 14.5. The van der Waals surface area contributed by atoms with E-state index >= 15 is 0 Å². The average molecular weight is 455 g/mol. The van der Waals surface area contributed by atoms with Crippen LogP contribution in [0.4, 0.5) is 16.0 Å². The Balaban J connectivity index is 0.00000324. The van der Waals surface area contributed by atoms with Crippen molar-refractivity contribution in [1.29, 1.82) is 0 Å². The fourth-order valence-corrected chi connectivity index (χ4v) is 4.10. The minimum atomic E-state index is -0.494. The summed E-state index contributed by atoms with van der Waals surface area (Å²) in [6.45, 7) is 10.1. The number of hydrogen-bond acceptors (Lipinski definition) is 6. The van der Waals surface area contributed by atoms with Crippen LogP contribution in [-0.2, 0) is 6.42 Å². The van der Waals surface area contributed by atoms with Gasteiger partial charge in [-0.05, 0) is 62.9 Å². The minimum absolute atomic E-state index is 0. The molecule has 0 bridgehead atoms. The molecule has 178 valence electrons. The quantitative estimate of drug-likeness (QED) is 0.487. The fraction of sp³-hybridized carbons (Fsp3) is 0.480. The van der Waals surface area contributed by atoms with E-state index in [-0.39, 0.29) is 7.24 Å². The van der Waals surface area contributed by atoms with Crippen molar-refractivity contribution in [2.24, 2.45) is 5.92 Å². The average Bonchev–Trinajstić information content (AvgIpc) is 3.25. The summed E-state index contributed by atoms with van der Waals surface area (Å²) in [4.78, 5) is 17.2. The van der Waals surface area contributed by atoms with Crippen LogP contribution in [-0.4, -0.2) is 57.7 Å². The molecule has 0 atom stereocenters. The molecule has 2 aromatic heterocycles. The number of hydrogen-bond donors (Lipinski definition) is 0. The van der Waals surface area contributed by atoms with Gasteiger partial charge in [-0.15, -0.1) is 0 Å². The molecule has 0 radical (unpaired) electrons. The van der Waals surface area contributed by atoms with Crippen molar-refractivity contribution in [2.75, 3.05) is 38.2 Å². The van der Waals surface area contributed by atoms with Crippen LogP contribution in [0.1, 0.15) is 39.5 Å². The maximum Gasteiger partial charge on any atom is 0.231 e. The monoisotopic (exact) mass is 454 g/mol. The highest BCUT2D eigenvalue weighted by atomic mass is 19.1. The second-order valence-corrected chi connectivity index (χ2v) is 8.81. The third-order valence-corrected chi connectivity index (χ3v) is 6.37. The van der Waals surface area contributed by atoms with Gasteiger partial charge in [-0.25, -0.2) is 14.4 Å². The number of aromatic nitrogens is 4. The van der Waals surface area contributed by atoms with E-state index in [1.54, 1.807) is 17.0 Å². The van der Waals surface area contributed by atoms with Crippen LogP contribution in [0.15, 0.2) is 36.8 Å². The highest BCUT2D eigenvalue weighted by Gasteiger charge is 2.17. The molecule has 1 aliphatic heterocycles. The molecule has 0 spiro atoms. The largest absolute Gasteiger partial charge is 0.492 e. The zero-order valence-corrected chi connectivity index (χ0v) is 20.0. The molecule has 8 heteroatoms. The summed E-state index contributed by atoms with van der Waals surface area (Å²) in [5.41, 5.74) is 2.06. The zero-order valence-electron chi connectivity index (χ0n) is 20.0. The van der Waals surface area contributed by atoms with Gasteiger partial charge >= 0.3 is 0 Å². The summed E-state index contributed by atoms with van der Waals surface area (Å²) in [6, 6.07) is 6.17. The van der Waals surface area contributed by atoms with E-state index in [2.05, 4.69) is 45.8 Å². The van der Waals surface area contributed by atoms with Gasteiger partial charge in [0.25, 0.3) is 0 Å². The molecule has 0 unspecified atom stereocenters. The molecule has 3 aromatic rings. The molecular weight excluding hydrogens is 419 g/mol. The van der Waals surface area contributed by atoms with E-state index in [1.165, 1.54) is 19.0 Å². The van der Waals surface area contributed by atoms with E-state index in [4.69, 9.17) is 4.74 Å². The summed E-state index contributed by atoms with van der Waals surface area (Å²) in [7, 11) is 1.88. The standard InChI is InChI=1S/C25H33FN6O.H2/c1-5-20-14-21(16-22(15-20)33-13-12-31-9-6-18(2)7-10-31)30(4)25-28-17-23(26)24(29-25)32-11-8-27-19(32)3;/h8,11,14-18H,5-7,9-10,12-13H2,1-4H3;1H. The molecule has 33 heavy (non-hydrogen) atoms. The molecular formula is C25H35FN6O. The van der Waals surface area contributed by atoms with Crippen LogP contribution in [0.3, 0.4) is 0 Å². The van der Waals surface area contributed by atoms with Crippen LogP contribution in [0.25, 0.3) is 5.82 Å². The molecule has 7 nitrogen and oxygen atoms in total. The number of halogens is 1. The smallest absolute Gasteiger partial charge is 0.231 e. The predicted octanol–water partition coefficient (Wildman–Crippen LogP) is 4.80. The molecule has 4 rings (SSSR count). The number of imidazole rings is 1. The van der Waals surface area contributed by atoms with Gasteiger partial charge in [0, 0.05) is 39.2 Å². The first-order chi connectivity index (χ1) is 15.9. The molecule has 0 saturated carbocycles. The number of benzene rings is 1. The van der Waals surface area contributed by atoms with Crippen LogP contribution in [0, 0.1) is 18.7 Å². The Morgan fingerprint density at radius 3 is 2.70 bits per heavy atom. The summed E-state index contributed by atoms with van der Waals surface area (Å²) in [6.07, 6.45) is 7.92. The summed E-state index contributed by atoms with van der Waals surface area (Å²) < 4.78 is 22.2. The van der Waals surface area contributed by atoms with Crippen LogP contribution in [0.2, 0.25) is 0 Å². The fourth-order valence-electron chi connectivity index (χ4n) is 4.10. The zero-order chi connectivity index (χ0) is 23.4. The number of anilines is 2. The number of ether oxygens (including phenoxy) is 1. The van der Waals surface area contributed by atoms with Crippen molar-refractivity contribution in [2.45, 2.75) is 40.0 Å². The van der Waals surface area contributed by atoms with Crippen molar-refractivity contribution in [1.82, 2.24) is 24.4 Å². The van der Waals surface area contributed by atoms with Crippen molar-refractivity contribution < 1.29 is 10.6 Å². The number of aryl methyl sites for hydroxylation is 2. The molecule has 0 N–H and O–H groups in total. The van der Waals surface area contributed by atoms with Crippen molar-refractivity contribution >= 4 is 11.6 Å². The molecule has 1 aliphatic rings. The summed E-state index contributed by atoms with van der Waals surface area (Å²) in [5.74, 6) is 2.41. The first kappa shape index (κ1) is 23.2.